The summed E-state index contributed by atoms with van der Waals surface area (Å²) in [7, 11) is 3.06. The van der Waals surface area contributed by atoms with Gasteiger partial charge in [-0.3, -0.25) is 4.79 Å². The molecule has 142 valence electrons. The highest BCUT2D eigenvalue weighted by Crippen LogP contribution is 2.39. The van der Waals surface area contributed by atoms with Crippen molar-refractivity contribution in [2.45, 2.75) is 13.0 Å². The minimum atomic E-state index is -0.209. The van der Waals surface area contributed by atoms with E-state index in [2.05, 4.69) is 5.32 Å². The highest BCUT2D eigenvalue weighted by molar-refractivity contribution is 5.95. The fourth-order valence-corrected chi connectivity index (χ4v) is 2.29. The number of carbonyl (C=O) groups is 1. The molecule has 1 amide bonds. The first-order chi connectivity index (χ1) is 12.2. The molecule has 0 spiro atoms. The highest BCUT2D eigenvalue weighted by atomic mass is 35.5. The normalized spacial score (nSPS) is 9.81. The molecule has 7 heteroatoms. The second kappa shape index (κ2) is 11.2. The lowest BCUT2D eigenvalue weighted by atomic mass is 10.1. The largest absolute Gasteiger partial charge is 0.493 e. The summed E-state index contributed by atoms with van der Waals surface area (Å²) in [5, 5.41) is 2.81. The van der Waals surface area contributed by atoms with Gasteiger partial charge in [0.2, 0.25) is 5.75 Å². The van der Waals surface area contributed by atoms with Crippen LogP contribution in [0.3, 0.4) is 0 Å². The first-order valence-corrected chi connectivity index (χ1v) is 8.10. The molecule has 2 rings (SSSR count). The number of ether oxygens (including phenoxy) is 3. The third kappa shape index (κ3) is 5.82. The number of nitrogens with two attached hydrogens (primary N) is 1. The fraction of sp³-hybridized carbons (Fsp3) is 0.316. The van der Waals surface area contributed by atoms with Crippen LogP contribution in [-0.4, -0.2) is 33.2 Å². The number of hydrogen-bond acceptors (Lipinski definition) is 5. The van der Waals surface area contributed by atoms with Crippen molar-refractivity contribution in [2.24, 2.45) is 5.73 Å². The van der Waals surface area contributed by atoms with Crippen molar-refractivity contribution in [2.75, 3.05) is 27.3 Å². The topological polar surface area (TPSA) is 82.8 Å². The molecule has 2 aromatic carbocycles. The van der Waals surface area contributed by atoms with Gasteiger partial charge >= 0.3 is 0 Å². The van der Waals surface area contributed by atoms with Crippen LogP contribution in [0.15, 0.2) is 42.5 Å². The Bertz CT molecular complexity index is 670. The van der Waals surface area contributed by atoms with E-state index in [1.165, 1.54) is 14.2 Å². The van der Waals surface area contributed by atoms with Crippen LogP contribution in [0.5, 0.6) is 17.2 Å². The van der Waals surface area contributed by atoms with Gasteiger partial charge in [-0.15, -0.1) is 12.4 Å². The van der Waals surface area contributed by atoms with E-state index in [1.807, 2.05) is 30.3 Å². The summed E-state index contributed by atoms with van der Waals surface area (Å²) >= 11 is 0. The van der Waals surface area contributed by atoms with Gasteiger partial charge in [0.25, 0.3) is 5.91 Å². The summed E-state index contributed by atoms with van der Waals surface area (Å²) in [6, 6.07) is 13.1. The Morgan fingerprint density at radius 3 is 2.23 bits per heavy atom. The number of nitrogens with one attached hydrogen (secondary N) is 1. The highest BCUT2D eigenvalue weighted by Gasteiger charge is 2.17. The van der Waals surface area contributed by atoms with Crippen molar-refractivity contribution < 1.29 is 19.0 Å². The average Bonchev–Trinajstić information content (AvgIpc) is 2.66. The van der Waals surface area contributed by atoms with E-state index in [1.54, 1.807) is 12.1 Å². The Labute approximate surface area is 160 Å². The number of methoxy groups -OCH3 is 2. The quantitative estimate of drug-likeness (QED) is 0.653. The summed E-state index contributed by atoms with van der Waals surface area (Å²) in [5.41, 5.74) is 6.90. The summed E-state index contributed by atoms with van der Waals surface area (Å²) in [4.78, 5) is 12.2. The van der Waals surface area contributed by atoms with Gasteiger partial charge in [-0.25, -0.2) is 0 Å². The Kier molecular flexibility index (Phi) is 9.33. The lowest BCUT2D eigenvalue weighted by Gasteiger charge is -2.16. The first kappa shape index (κ1) is 21.6. The summed E-state index contributed by atoms with van der Waals surface area (Å²) in [6.45, 7) is 1.42. The molecule has 0 aliphatic rings. The van der Waals surface area contributed by atoms with Crippen molar-refractivity contribution in [3.63, 3.8) is 0 Å². The van der Waals surface area contributed by atoms with Crippen LogP contribution in [0.2, 0.25) is 0 Å². The minimum absolute atomic E-state index is 0. The van der Waals surface area contributed by atoms with Gasteiger partial charge < -0.3 is 25.3 Å². The first-order valence-electron chi connectivity index (χ1n) is 8.10. The van der Waals surface area contributed by atoms with Gasteiger partial charge in [0, 0.05) is 12.1 Å². The summed E-state index contributed by atoms with van der Waals surface area (Å²) < 4.78 is 16.6. The van der Waals surface area contributed by atoms with Crippen LogP contribution in [0.25, 0.3) is 0 Å². The molecule has 0 aliphatic carbocycles. The molecule has 6 nitrogen and oxygen atoms in total. The Morgan fingerprint density at radius 1 is 1.08 bits per heavy atom. The molecule has 0 saturated heterocycles. The predicted molar refractivity (Wildman–Crippen MR) is 104 cm³/mol. The van der Waals surface area contributed by atoms with Gasteiger partial charge in [0.1, 0.15) is 6.61 Å². The number of carbonyl (C=O) groups excluding carboxylic acids is 1. The zero-order valence-electron chi connectivity index (χ0n) is 15.0. The molecule has 2 aromatic rings. The molecule has 3 N–H and O–H groups in total. The maximum Gasteiger partial charge on any atom is 0.251 e. The van der Waals surface area contributed by atoms with Crippen molar-refractivity contribution >= 4 is 18.3 Å². The van der Waals surface area contributed by atoms with Gasteiger partial charge in [0.05, 0.1) is 14.2 Å². The van der Waals surface area contributed by atoms with E-state index < -0.39 is 0 Å². The molecular weight excluding hydrogens is 356 g/mol. The second-order valence-electron chi connectivity index (χ2n) is 5.38. The van der Waals surface area contributed by atoms with Crippen molar-refractivity contribution in [3.8, 4) is 17.2 Å². The number of rotatable bonds is 9. The summed E-state index contributed by atoms with van der Waals surface area (Å²) in [5.74, 6) is 1.14. The molecular formula is C19H25ClN2O4. The second-order valence-corrected chi connectivity index (χ2v) is 5.38. The van der Waals surface area contributed by atoms with Crippen molar-refractivity contribution in [1.82, 2.24) is 5.32 Å². The third-order valence-electron chi connectivity index (χ3n) is 3.62. The molecule has 0 unspecified atom stereocenters. The van der Waals surface area contributed by atoms with Gasteiger partial charge in [-0.1, -0.05) is 30.3 Å². The van der Waals surface area contributed by atoms with Crippen molar-refractivity contribution in [3.05, 3.63) is 53.6 Å². The van der Waals surface area contributed by atoms with Crippen LogP contribution in [0, 0.1) is 0 Å². The van der Waals surface area contributed by atoms with Gasteiger partial charge in [0.15, 0.2) is 11.5 Å². The van der Waals surface area contributed by atoms with E-state index in [-0.39, 0.29) is 18.3 Å². The zero-order chi connectivity index (χ0) is 18.1. The lowest BCUT2D eigenvalue weighted by molar-refractivity contribution is 0.0952. The Hall–Kier alpha value is -2.44. The maximum atomic E-state index is 12.2. The van der Waals surface area contributed by atoms with E-state index in [9.17, 15) is 4.79 Å². The Balaban J connectivity index is 0.00000338. The van der Waals surface area contributed by atoms with Gasteiger partial charge in [-0.2, -0.15) is 0 Å². The summed E-state index contributed by atoms with van der Waals surface area (Å²) in [6.07, 6.45) is 0.721. The van der Waals surface area contributed by atoms with Crippen molar-refractivity contribution in [1.29, 1.82) is 0 Å². The molecule has 0 heterocycles. The maximum absolute atomic E-state index is 12.2. The van der Waals surface area contributed by atoms with E-state index in [0.717, 1.165) is 12.0 Å². The monoisotopic (exact) mass is 380 g/mol. The molecule has 0 aliphatic heterocycles. The van der Waals surface area contributed by atoms with E-state index in [4.69, 9.17) is 19.9 Å². The number of hydrogen-bond donors (Lipinski definition) is 2. The van der Waals surface area contributed by atoms with Crippen LogP contribution in [-0.2, 0) is 6.61 Å². The number of amides is 1. The van der Waals surface area contributed by atoms with Gasteiger partial charge in [-0.05, 0) is 30.7 Å². The molecule has 0 saturated carbocycles. The number of benzene rings is 2. The van der Waals surface area contributed by atoms with E-state index in [0.29, 0.717) is 42.5 Å². The molecule has 0 radical (unpaired) electrons. The van der Waals surface area contributed by atoms with E-state index >= 15 is 0 Å². The SMILES string of the molecule is COc1cc(C(=O)NCCCN)cc(OC)c1OCc1ccccc1.Cl. The Morgan fingerprint density at radius 2 is 1.69 bits per heavy atom. The molecule has 0 bridgehead atoms. The molecule has 0 aromatic heterocycles. The molecule has 26 heavy (non-hydrogen) atoms. The minimum Gasteiger partial charge on any atom is -0.493 e. The number of halogens is 1. The zero-order valence-corrected chi connectivity index (χ0v) is 15.8. The third-order valence-corrected chi connectivity index (χ3v) is 3.62. The molecule has 0 fully saturated rings. The standard InChI is InChI=1S/C19H24N2O4.ClH/c1-23-16-11-15(19(22)21-10-6-9-20)12-17(24-2)18(16)25-13-14-7-4-3-5-8-14;/h3-5,7-8,11-12H,6,9-10,13,20H2,1-2H3,(H,21,22);1H. The van der Waals surface area contributed by atoms with Crippen LogP contribution < -0.4 is 25.3 Å². The lowest BCUT2D eigenvalue weighted by Crippen LogP contribution is -2.26. The smallest absolute Gasteiger partial charge is 0.251 e. The fourth-order valence-electron chi connectivity index (χ4n) is 2.29. The molecule has 0 atom stereocenters. The average molecular weight is 381 g/mol. The van der Waals surface area contributed by atoms with Crippen LogP contribution in [0.4, 0.5) is 0 Å². The predicted octanol–water partition coefficient (Wildman–Crippen LogP) is 2.78. The van der Waals surface area contributed by atoms with Crippen LogP contribution in [0.1, 0.15) is 22.3 Å². The van der Waals surface area contributed by atoms with Crippen LogP contribution >= 0.6 is 12.4 Å².